The van der Waals surface area contributed by atoms with E-state index >= 15 is 0 Å². The van der Waals surface area contributed by atoms with E-state index < -0.39 is 11.2 Å². The minimum absolute atomic E-state index is 0.0306. The first-order valence-corrected chi connectivity index (χ1v) is 5.05. The summed E-state index contributed by atoms with van der Waals surface area (Å²) in [6.45, 7) is 3.60. The molecule has 0 unspecified atom stereocenters. The molecule has 0 spiro atoms. The highest BCUT2D eigenvalue weighted by molar-refractivity contribution is 5.21. The van der Waals surface area contributed by atoms with Crippen LogP contribution in [0.2, 0.25) is 0 Å². The highest BCUT2D eigenvalue weighted by atomic mass is 16.3. The van der Waals surface area contributed by atoms with Gasteiger partial charge in [-0.25, -0.2) is 4.79 Å². The fourth-order valence-electron chi connectivity index (χ4n) is 2.04. The van der Waals surface area contributed by atoms with E-state index in [1.165, 1.54) is 11.5 Å². The molecule has 0 atom stereocenters. The molecule has 0 aromatic carbocycles. The standard InChI is InChI=1S/C10H14N2O3/c1-5-3-7(4-5)12-9(14)6(2)8(13)11-10(12)15/h5,7,14H,3-4H2,1-2H3,(H,11,13,15). The summed E-state index contributed by atoms with van der Waals surface area (Å²) in [5, 5.41) is 9.72. The van der Waals surface area contributed by atoms with E-state index in [2.05, 4.69) is 11.9 Å². The number of H-pyrrole nitrogens is 1. The van der Waals surface area contributed by atoms with Crippen LogP contribution in [-0.4, -0.2) is 14.7 Å². The number of nitrogens with zero attached hydrogens (tertiary/aromatic N) is 1. The molecule has 2 N–H and O–H groups in total. The van der Waals surface area contributed by atoms with Crippen LogP contribution in [-0.2, 0) is 0 Å². The molecule has 15 heavy (non-hydrogen) atoms. The van der Waals surface area contributed by atoms with Crippen molar-refractivity contribution in [2.24, 2.45) is 5.92 Å². The average Bonchev–Trinajstić information content (AvgIpc) is 2.12. The SMILES string of the molecule is Cc1c(O)n(C2CC(C)C2)c(=O)[nH]c1=O. The third-order valence-electron chi connectivity index (χ3n) is 3.06. The third kappa shape index (κ3) is 1.48. The minimum atomic E-state index is -0.514. The molecule has 0 amide bonds. The maximum atomic E-state index is 11.5. The Balaban J connectivity index is 2.52. The summed E-state index contributed by atoms with van der Waals surface area (Å²) in [6, 6.07) is 0.0306. The molecule has 1 fully saturated rings. The van der Waals surface area contributed by atoms with Crippen LogP contribution in [0.5, 0.6) is 5.88 Å². The molecule has 0 saturated heterocycles. The zero-order chi connectivity index (χ0) is 11.2. The van der Waals surface area contributed by atoms with Crippen LogP contribution in [0.25, 0.3) is 0 Å². The molecule has 1 aliphatic rings. The van der Waals surface area contributed by atoms with Gasteiger partial charge in [0.15, 0.2) is 0 Å². The van der Waals surface area contributed by atoms with Crippen LogP contribution in [0.15, 0.2) is 9.59 Å². The summed E-state index contributed by atoms with van der Waals surface area (Å²) in [5.74, 6) is 0.384. The zero-order valence-electron chi connectivity index (χ0n) is 8.78. The van der Waals surface area contributed by atoms with Gasteiger partial charge in [0.2, 0.25) is 5.88 Å². The Labute approximate surface area is 86.4 Å². The van der Waals surface area contributed by atoms with Crippen molar-refractivity contribution in [1.82, 2.24) is 9.55 Å². The predicted octanol–water partition coefficient (Wildman–Crippen LogP) is 0.522. The van der Waals surface area contributed by atoms with Crippen molar-refractivity contribution in [3.8, 4) is 5.88 Å². The Bertz CT molecular complexity index is 494. The number of hydrogen-bond acceptors (Lipinski definition) is 3. The van der Waals surface area contributed by atoms with E-state index in [-0.39, 0.29) is 17.5 Å². The Morgan fingerprint density at radius 3 is 2.53 bits per heavy atom. The van der Waals surface area contributed by atoms with Crippen molar-refractivity contribution in [3.63, 3.8) is 0 Å². The summed E-state index contributed by atoms with van der Waals surface area (Å²) in [7, 11) is 0. The first-order chi connectivity index (χ1) is 7.00. The molecule has 82 valence electrons. The van der Waals surface area contributed by atoms with Gasteiger partial charge in [0.05, 0.1) is 5.56 Å². The largest absolute Gasteiger partial charge is 0.494 e. The Morgan fingerprint density at radius 2 is 2.00 bits per heavy atom. The fraction of sp³-hybridized carbons (Fsp3) is 0.600. The number of aromatic hydroxyl groups is 1. The smallest absolute Gasteiger partial charge is 0.331 e. The van der Waals surface area contributed by atoms with Crippen LogP contribution in [0.4, 0.5) is 0 Å². The Kier molecular flexibility index (Phi) is 2.17. The second kappa shape index (κ2) is 3.25. The molecule has 5 nitrogen and oxygen atoms in total. The highest BCUT2D eigenvalue weighted by Gasteiger charge is 2.30. The van der Waals surface area contributed by atoms with Gasteiger partial charge in [-0.3, -0.25) is 14.3 Å². The molecule has 0 bridgehead atoms. The van der Waals surface area contributed by atoms with Crippen molar-refractivity contribution in [1.29, 1.82) is 0 Å². The van der Waals surface area contributed by atoms with E-state index in [9.17, 15) is 14.7 Å². The summed E-state index contributed by atoms with van der Waals surface area (Å²) in [4.78, 5) is 24.9. The average molecular weight is 210 g/mol. The molecule has 0 radical (unpaired) electrons. The number of rotatable bonds is 1. The Hall–Kier alpha value is -1.52. The van der Waals surface area contributed by atoms with Crippen LogP contribution >= 0.6 is 0 Å². The van der Waals surface area contributed by atoms with Crippen molar-refractivity contribution >= 4 is 0 Å². The van der Waals surface area contributed by atoms with Gasteiger partial charge in [-0.15, -0.1) is 0 Å². The second-order valence-corrected chi connectivity index (χ2v) is 4.31. The van der Waals surface area contributed by atoms with Crippen molar-refractivity contribution in [3.05, 3.63) is 26.4 Å². The van der Waals surface area contributed by atoms with Gasteiger partial charge >= 0.3 is 5.69 Å². The van der Waals surface area contributed by atoms with E-state index in [4.69, 9.17) is 0 Å². The summed E-state index contributed by atoms with van der Waals surface area (Å²) in [6.07, 6.45) is 1.75. The first-order valence-electron chi connectivity index (χ1n) is 5.05. The lowest BCUT2D eigenvalue weighted by Crippen LogP contribution is -2.38. The number of aromatic nitrogens is 2. The second-order valence-electron chi connectivity index (χ2n) is 4.31. The molecular weight excluding hydrogens is 196 g/mol. The maximum absolute atomic E-state index is 11.5. The molecule has 1 aliphatic carbocycles. The molecule has 2 rings (SSSR count). The minimum Gasteiger partial charge on any atom is -0.494 e. The number of aromatic amines is 1. The van der Waals surface area contributed by atoms with Crippen LogP contribution in [0, 0.1) is 12.8 Å². The fourth-order valence-corrected chi connectivity index (χ4v) is 2.04. The lowest BCUT2D eigenvalue weighted by molar-refractivity contribution is 0.192. The lowest BCUT2D eigenvalue weighted by atomic mass is 9.81. The predicted molar refractivity (Wildman–Crippen MR) is 55.2 cm³/mol. The van der Waals surface area contributed by atoms with E-state index in [1.807, 2.05) is 0 Å². The number of nitrogens with one attached hydrogen (secondary N) is 1. The first kappa shape index (κ1) is 10.0. The molecule has 1 aromatic heterocycles. The van der Waals surface area contributed by atoms with E-state index in [1.54, 1.807) is 0 Å². The van der Waals surface area contributed by atoms with Gasteiger partial charge < -0.3 is 5.11 Å². The molecule has 5 heteroatoms. The van der Waals surface area contributed by atoms with Gasteiger partial charge in [0.25, 0.3) is 5.56 Å². The van der Waals surface area contributed by atoms with Crippen LogP contribution in [0.1, 0.15) is 31.4 Å². The van der Waals surface area contributed by atoms with Crippen LogP contribution < -0.4 is 11.2 Å². The summed E-state index contributed by atoms with van der Waals surface area (Å²) < 4.78 is 1.29. The molecule has 1 saturated carbocycles. The maximum Gasteiger partial charge on any atom is 0.331 e. The van der Waals surface area contributed by atoms with Gasteiger partial charge in [0.1, 0.15) is 0 Å². The van der Waals surface area contributed by atoms with Gasteiger partial charge in [-0.05, 0) is 25.7 Å². The third-order valence-corrected chi connectivity index (χ3v) is 3.06. The monoisotopic (exact) mass is 210 g/mol. The lowest BCUT2D eigenvalue weighted by Gasteiger charge is -2.34. The highest BCUT2D eigenvalue weighted by Crippen LogP contribution is 2.38. The topological polar surface area (TPSA) is 75.1 Å². The molecule has 1 aromatic rings. The zero-order valence-corrected chi connectivity index (χ0v) is 8.78. The number of hydrogen-bond donors (Lipinski definition) is 2. The normalized spacial score (nSPS) is 24.9. The van der Waals surface area contributed by atoms with Gasteiger partial charge in [-0.1, -0.05) is 6.92 Å². The van der Waals surface area contributed by atoms with Gasteiger partial charge in [0, 0.05) is 6.04 Å². The van der Waals surface area contributed by atoms with E-state index in [0.717, 1.165) is 12.8 Å². The van der Waals surface area contributed by atoms with Crippen molar-refractivity contribution in [2.45, 2.75) is 32.7 Å². The van der Waals surface area contributed by atoms with Crippen molar-refractivity contribution < 1.29 is 5.11 Å². The van der Waals surface area contributed by atoms with Gasteiger partial charge in [-0.2, -0.15) is 0 Å². The van der Waals surface area contributed by atoms with E-state index in [0.29, 0.717) is 5.92 Å². The van der Waals surface area contributed by atoms with Crippen molar-refractivity contribution in [2.75, 3.05) is 0 Å². The molecule has 1 heterocycles. The summed E-state index contributed by atoms with van der Waals surface area (Å²) in [5.41, 5.74) is -0.824. The quantitative estimate of drug-likeness (QED) is 0.709. The molecular formula is C10H14N2O3. The Morgan fingerprint density at radius 1 is 1.40 bits per heavy atom. The van der Waals surface area contributed by atoms with Crippen LogP contribution in [0.3, 0.4) is 0 Å². The molecule has 0 aliphatic heterocycles. The summed E-state index contributed by atoms with van der Waals surface area (Å²) >= 11 is 0.